The van der Waals surface area contributed by atoms with Gasteiger partial charge in [-0.05, 0) is 37.3 Å². The summed E-state index contributed by atoms with van der Waals surface area (Å²) in [7, 11) is 1.61. The molecule has 0 heterocycles. The molecule has 0 amide bonds. The maximum atomic E-state index is 11.8. The molecule has 0 aromatic heterocycles. The lowest BCUT2D eigenvalue weighted by molar-refractivity contribution is -0.149. The van der Waals surface area contributed by atoms with Gasteiger partial charge in [0.1, 0.15) is 5.75 Å². The summed E-state index contributed by atoms with van der Waals surface area (Å²) < 4.78 is 5.36. The standard InChI is InChI=1S/C16H23NO3/c1-11-3-6-14(20-2)13(7-11)9-16(10-17,15(18)19)8-12-4-5-12/h3,6-7,12H,4-5,8-10,17H2,1-2H3,(H,18,19). The van der Waals surface area contributed by atoms with Gasteiger partial charge in [0.2, 0.25) is 0 Å². The van der Waals surface area contributed by atoms with Gasteiger partial charge < -0.3 is 15.6 Å². The smallest absolute Gasteiger partial charge is 0.311 e. The summed E-state index contributed by atoms with van der Waals surface area (Å²) in [5.74, 6) is 0.464. The number of carbonyl (C=O) groups is 1. The van der Waals surface area contributed by atoms with Crippen molar-refractivity contribution < 1.29 is 14.6 Å². The molecular formula is C16H23NO3. The van der Waals surface area contributed by atoms with Crippen LogP contribution in [0.25, 0.3) is 0 Å². The quantitative estimate of drug-likeness (QED) is 0.802. The molecule has 20 heavy (non-hydrogen) atoms. The highest BCUT2D eigenvalue weighted by Crippen LogP contribution is 2.42. The molecule has 110 valence electrons. The largest absolute Gasteiger partial charge is 0.496 e. The Morgan fingerprint density at radius 3 is 2.70 bits per heavy atom. The second-order valence-electron chi connectivity index (χ2n) is 5.93. The normalized spacial score (nSPS) is 17.6. The first-order chi connectivity index (χ1) is 9.50. The van der Waals surface area contributed by atoms with E-state index in [9.17, 15) is 9.90 Å². The van der Waals surface area contributed by atoms with Crippen LogP contribution >= 0.6 is 0 Å². The predicted octanol–water partition coefficient (Wildman–Crippen LogP) is 2.38. The summed E-state index contributed by atoms with van der Waals surface area (Å²) in [6.07, 6.45) is 3.34. The average molecular weight is 277 g/mol. The third-order valence-electron chi connectivity index (χ3n) is 4.19. The van der Waals surface area contributed by atoms with E-state index >= 15 is 0 Å². The summed E-state index contributed by atoms with van der Waals surface area (Å²) in [5, 5.41) is 9.67. The molecule has 0 spiro atoms. The van der Waals surface area contributed by atoms with Gasteiger partial charge in [-0.1, -0.05) is 30.5 Å². The third kappa shape index (κ3) is 3.12. The number of nitrogens with two attached hydrogens (primary N) is 1. The topological polar surface area (TPSA) is 72.5 Å². The lowest BCUT2D eigenvalue weighted by Gasteiger charge is -2.29. The van der Waals surface area contributed by atoms with Crippen LogP contribution in [0.2, 0.25) is 0 Å². The molecule has 0 saturated heterocycles. The number of rotatable bonds is 7. The molecular weight excluding hydrogens is 254 g/mol. The predicted molar refractivity (Wildman–Crippen MR) is 77.9 cm³/mol. The van der Waals surface area contributed by atoms with Crippen LogP contribution in [0.15, 0.2) is 18.2 Å². The van der Waals surface area contributed by atoms with Crippen molar-refractivity contribution in [1.29, 1.82) is 0 Å². The number of ether oxygens (including phenoxy) is 1. The Labute approximate surface area is 119 Å². The maximum absolute atomic E-state index is 11.8. The molecule has 1 atom stereocenters. The first-order valence-corrected chi connectivity index (χ1v) is 7.08. The van der Waals surface area contributed by atoms with E-state index in [1.165, 1.54) is 0 Å². The Morgan fingerprint density at radius 1 is 1.50 bits per heavy atom. The first-order valence-electron chi connectivity index (χ1n) is 7.08. The molecule has 1 fully saturated rings. The Bertz CT molecular complexity index is 496. The molecule has 1 saturated carbocycles. The van der Waals surface area contributed by atoms with Crippen LogP contribution in [0.3, 0.4) is 0 Å². The number of aliphatic carboxylic acids is 1. The lowest BCUT2D eigenvalue weighted by atomic mass is 9.76. The molecule has 1 aliphatic rings. The van der Waals surface area contributed by atoms with Gasteiger partial charge in [-0.2, -0.15) is 0 Å². The van der Waals surface area contributed by atoms with Gasteiger partial charge in [-0.15, -0.1) is 0 Å². The summed E-state index contributed by atoms with van der Waals surface area (Å²) in [4.78, 5) is 11.8. The lowest BCUT2D eigenvalue weighted by Crippen LogP contribution is -2.41. The number of benzene rings is 1. The van der Waals surface area contributed by atoms with Crippen LogP contribution in [0.4, 0.5) is 0 Å². The Hall–Kier alpha value is -1.55. The van der Waals surface area contributed by atoms with Crippen LogP contribution < -0.4 is 10.5 Å². The number of methoxy groups -OCH3 is 1. The van der Waals surface area contributed by atoms with Crippen LogP contribution in [-0.2, 0) is 11.2 Å². The van der Waals surface area contributed by atoms with Crippen molar-refractivity contribution >= 4 is 5.97 Å². The molecule has 4 heteroatoms. The number of carboxylic acids is 1. The monoisotopic (exact) mass is 277 g/mol. The van der Waals surface area contributed by atoms with Crippen LogP contribution in [0.1, 0.15) is 30.4 Å². The fraction of sp³-hybridized carbons (Fsp3) is 0.562. The summed E-state index contributed by atoms with van der Waals surface area (Å²) in [6, 6.07) is 5.86. The van der Waals surface area contributed by atoms with E-state index in [4.69, 9.17) is 10.5 Å². The number of hydrogen-bond donors (Lipinski definition) is 2. The van der Waals surface area contributed by atoms with Gasteiger partial charge in [-0.3, -0.25) is 4.79 Å². The first kappa shape index (κ1) is 14.9. The molecule has 1 aromatic carbocycles. The minimum absolute atomic E-state index is 0.163. The Morgan fingerprint density at radius 2 is 2.20 bits per heavy atom. The van der Waals surface area contributed by atoms with Gasteiger partial charge >= 0.3 is 5.97 Å². The average Bonchev–Trinajstić information content (AvgIpc) is 3.21. The second kappa shape index (κ2) is 5.83. The molecule has 1 aliphatic carbocycles. The second-order valence-corrected chi connectivity index (χ2v) is 5.93. The van der Waals surface area contributed by atoms with Crippen LogP contribution in [-0.4, -0.2) is 24.7 Å². The number of aryl methyl sites for hydroxylation is 1. The fourth-order valence-electron chi connectivity index (χ4n) is 2.76. The highest BCUT2D eigenvalue weighted by Gasteiger charge is 2.42. The van der Waals surface area contributed by atoms with Crippen molar-refractivity contribution in [2.24, 2.45) is 17.1 Å². The summed E-state index contributed by atoms with van der Waals surface area (Å²) >= 11 is 0. The van der Waals surface area contributed by atoms with E-state index in [2.05, 4.69) is 0 Å². The van der Waals surface area contributed by atoms with E-state index in [1.54, 1.807) is 7.11 Å². The van der Waals surface area contributed by atoms with Gasteiger partial charge in [0.15, 0.2) is 0 Å². The zero-order chi connectivity index (χ0) is 14.8. The molecule has 1 unspecified atom stereocenters. The summed E-state index contributed by atoms with van der Waals surface area (Å²) in [6.45, 7) is 2.16. The maximum Gasteiger partial charge on any atom is 0.311 e. The van der Waals surface area contributed by atoms with E-state index < -0.39 is 11.4 Å². The van der Waals surface area contributed by atoms with Gasteiger partial charge in [-0.25, -0.2) is 0 Å². The van der Waals surface area contributed by atoms with Crippen molar-refractivity contribution in [2.75, 3.05) is 13.7 Å². The van der Waals surface area contributed by atoms with E-state index in [0.29, 0.717) is 18.8 Å². The molecule has 2 rings (SSSR count). The van der Waals surface area contributed by atoms with Gasteiger partial charge in [0.05, 0.1) is 12.5 Å². The van der Waals surface area contributed by atoms with Crippen LogP contribution in [0, 0.1) is 18.3 Å². The molecule has 0 bridgehead atoms. The van der Waals surface area contributed by atoms with Gasteiger partial charge in [0.25, 0.3) is 0 Å². The summed E-state index contributed by atoms with van der Waals surface area (Å²) in [5.41, 5.74) is 7.00. The van der Waals surface area contributed by atoms with Crippen molar-refractivity contribution in [3.63, 3.8) is 0 Å². The third-order valence-corrected chi connectivity index (χ3v) is 4.19. The SMILES string of the molecule is COc1ccc(C)cc1CC(CN)(CC1CC1)C(=O)O. The van der Waals surface area contributed by atoms with Crippen LogP contribution in [0.5, 0.6) is 5.75 Å². The fourth-order valence-corrected chi connectivity index (χ4v) is 2.76. The highest BCUT2D eigenvalue weighted by molar-refractivity contribution is 5.75. The molecule has 1 aromatic rings. The van der Waals surface area contributed by atoms with Crippen molar-refractivity contribution in [1.82, 2.24) is 0 Å². The van der Waals surface area contributed by atoms with E-state index in [0.717, 1.165) is 29.7 Å². The molecule has 3 N–H and O–H groups in total. The Balaban J connectivity index is 2.30. The van der Waals surface area contributed by atoms with Crippen molar-refractivity contribution in [3.8, 4) is 5.75 Å². The Kier molecular flexibility index (Phi) is 4.33. The molecule has 0 aliphatic heterocycles. The zero-order valence-corrected chi connectivity index (χ0v) is 12.2. The van der Waals surface area contributed by atoms with E-state index in [-0.39, 0.29) is 6.54 Å². The van der Waals surface area contributed by atoms with Crippen molar-refractivity contribution in [3.05, 3.63) is 29.3 Å². The van der Waals surface area contributed by atoms with E-state index in [1.807, 2.05) is 25.1 Å². The number of hydrogen-bond acceptors (Lipinski definition) is 3. The highest BCUT2D eigenvalue weighted by atomic mass is 16.5. The molecule has 4 nitrogen and oxygen atoms in total. The van der Waals surface area contributed by atoms with Crippen molar-refractivity contribution in [2.45, 2.75) is 32.6 Å². The number of carboxylic acid groups (broad SMARTS) is 1. The minimum atomic E-state index is -0.873. The zero-order valence-electron chi connectivity index (χ0n) is 12.2. The minimum Gasteiger partial charge on any atom is -0.496 e. The molecule has 0 radical (unpaired) electrons. The van der Waals surface area contributed by atoms with Gasteiger partial charge in [0, 0.05) is 6.54 Å².